The summed E-state index contributed by atoms with van der Waals surface area (Å²) in [6.45, 7) is 8.41. The zero-order valence-electron chi connectivity index (χ0n) is 22.9. The molecule has 0 bridgehead atoms. The third-order valence-corrected chi connectivity index (χ3v) is 6.39. The minimum Gasteiger partial charge on any atom is -0.469 e. The van der Waals surface area contributed by atoms with Gasteiger partial charge in [-0.05, 0) is 89.4 Å². The quantitative estimate of drug-likeness (QED) is 0.223. The summed E-state index contributed by atoms with van der Waals surface area (Å²) in [6.07, 6.45) is -1.31. The van der Waals surface area contributed by atoms with E-state index in [4.69, 9.17) is 0 Å². The Morgan fingerprint density at radius 3 is 2.00 bits per heavy atom. The summed E-state index contributed by atoms with van der Waals surface area (Å²) in [5.41, 5.74) is 6.57. The molecule has 1 N–H and O–H groups in total. The summed E-state index contributed by atoms with van der Waals surface area (Å²) in [4.78, 5) is 23.7. The van der Waals surface area contributed by atoms with Gasteiger partial charge in [-0.25, -0.2) is 0 Å². The van der Waals surface area contributed by atoms with Gasteiger partial charge in [0.25, 0.3) is 5.91 Å². The van der Waals surface area contributed by atoms with E-state index >= 15 is 0 Å². The van der Waals surface area contributed by atoms with Crippen LogP contribution in [-0.2, 0) is 15.7 Å². The van der Waals surface area contributed by atoms with Crippen LogP contribution in [0, 0.1) is 19.8 Å². The number of hydrogen-bond donors (Lipinski definition) is 1. The van der Waals surface area contributed by atoms with Gasteiger partial charge in [-0.1, -0.05) is 56.3 Å². The molecule has 7 heteroatoms. The number of alkyl halides is 3. The van der Waals surface area contributed by atoms with E-state index in [2.05, 4.69) is 30.0 Å². The molecule has 0 unspecified atom stereocenters. The second-order valence-corrected chi connectivity index (χ2v) is 10.0. The summed E-state index contributed by atoms with van der Waals surface area (Å²) in [5, 5.41) is 2.72. The highest BCUT2D eigenvalue weighted by Gasteiger charge is 2.30. The van der Waals surface area contributed by atoms with E-state index in [9.17, 15) is 22.8 Å². The lowest BCUT2D eigenvalue weighted by atomic mass is 9.90. The molecule has 0 saturated carbocycles. The van der Waals surface area contributed by atoms with Crippen LogP contribution in [0.5, 0.6) is 0 Å². The molecule has 1 amide bonds. The van der Waals surface area contributed by atoms with Crippen molar-refractivity contribution in [3.63, 3.8) is 0 Å². The summed E-state index contributed by atoms with van der Waals surface area (Å²) in [5.74, 6) is -0.247. The second-order valence-electron chi connectivity index (χ2n) is 10.0. The number of aryl methyl sites for hydroxylation is 2. The van der Waals surface area contributed by atoms with Gasteiger partial charge in [0, 0.05) is 12.1 Å². The normalized spacial score (nSPS) is 12.0. The van der Waals surface area contributed by atoms with Crippen LogP contribution >= 0.6 is 0 Å². The number of methoxy groups -OCH3 is 1. The number of halogens is 3. The molecular weight excluding hydrogens is 503 g/mol. The smallest absolute Gasteiger partial charge is 0.416 e. The molecule has 0 aliphatic heterocycles. The van der Waals surface area contributed by atoms with Gasteiger partial charge in [-0.15, -0.1) is 0 Å². The Kier molecular flexibility index (Phi) is 9.73. The van der Waals surface area contributed by atoms with Crippen molar-refractivity contribution in [2.75, 3.05) is 13.7 Å². The van der Waals surface area contributed by atoms with Crippen molar-refractivity contribution in [2.24, 2.45) is 5.92 Å². The van der Waals surface area contributed by atoms with Gasteiger partial charge in [0.1, 0.15) is 0 Å². The van der Waals surface area contributed by atoms with Gasteiger partial charge in [0.15, 0.2) is 0 Å². The predicted molar refractivity (Wildman–Crippen MR) is 149 cm³/mol. The van der Waals surface area contributed by atoms with Crippen LogP contribution in [0.25, 0.3) is 22.8 Å². The highest BCUT2D eigenvalue weighted by atomic mass is 19.4. The predicted octanol–water partition coefficient (Wildman–Crippen LogP) is 7.87. The Balaban J connectivity index is 1.86. The lowest BCUT2D eigenvalue weighted by Crippen LogP contribution is -2.26. The third kappa shape index (κ3) is 8.06. The topological polar surface area (TPSA) is 55.4 Å². The molecule has 0 heterocycles. The van der Waals surface area contributed by atoms with E-state index in [1.54, 1.807) is 12.1 Å². The van der Waals surface area contributed by atoms with Gasteiger partial charge in [-0.3, -0.25) is 9.59 Å². The minimum absolute atomic E-state index is 0.109. The highest BCUT2D eigenvalue weighted by Crippen LogP contribution is 2.34. The van der Waals surface area contributed by atoms with Crippen molar-refractivity contribution in [2.45, 2.75) is 46.7 Å². The van der Waals surface area contributed by atoms with Crippen molar-refractivity contribution < 1.29 is 27.5 Å². The van der Waals surface area contributed by atoms with Gasteiger partial charge >= 0.3 is 12.1 Å². The number of amides is 1. The lowest BCUT2D eigenvalue weighted by Gasteiger charge is -2.15. The number of ether oxygens (including phenoxy) is 1. The fraction of sp³-hybridized carbons (Fsp3) is 0.312. The summed E-state index contributed by atoms with van der Waals surface area (Å²) in [6, 6.07) is 16.7. The number of carbonyl (C=O) groups excluding carboxylic acids is 2. The molecule has 3 aromatic carbocycles. The number of allylic oxidation sites excluding steroid dienone is 1. The number of esters is 1. The average Bonchev–Trinajstić information content (AvgIpc) is 2.87. The second kappa shape index (κ2) is 12.8. The molecule has 0 saturated heterocycles. The van der Waals surface area contributed by atoms with Crippen LogP contribution in [-0.4, -0.2) is 25.5 Å². The maximum Gasteiger partial charge on any atom is 0.416 e. The standard InChI is InChI=1S/C32H34F3NO3/c1-20(2)16-27(24-6-8-26(9-7-24)31(38)36-15-14-29(37)39-5)19-23-17-21(3)30(22(4)18-23)25-10-12-28(13-11-25)32(33,34)35/h6-13,17-20H,14-16H2,1-5H3,(H,36,38). The fourth-order valence-corrected chi connectivity index (χ4v) is 4.58. The highest BCUT2D eigenvalue weighted by molar-refractivity contribution is 5.95. The van der Waals surface area contributed by atoms with E-state index in [1.165, 1.54) is 19.2 Å². The summed E-state index contributed by atoms with van der Waals surface area (Å²) < 4.78 is 43.6. The molecule has 3 aromatic rings. The van der Waals surface area contributed by atoms with E-state index in [0.717, 1.165) is 57.5 Å². The first kappa shape index (κ1) is 29.7. The number of carbonyl (C=O) groups is 2. The largest absolute Gasteiger partial charge is 0.469 e. The van der Waals surface area contributed by atoms with Crippen LogP contribution in [0.4, 0.5) is 13.2 Å². The number of hydrogen-bond acceptors (Lipinski definition) is 3. The third-order valence-electron chi connectivity index (χ3n) is 6.39. The Hall–Kier alpha value is -3.87. The monoisotopic (exact) mass is 537 g/mol. The van der Waals surface area contributed by atoms with E-state index in [-0.39, 0.29) is 24.8 Å². The SMILES string of the molecule is COC(=O)CCNC(=O)c1ccc(C(=Cc2cc(C)c(-c3ccc(C(F)(F)F)cc3)c(C)c2)CC(C)C)cc1. The summed E-state index contributed by atoms with van der Waals surface area (Å²) >= 11 is 0. The Morgan fingerprint density at radius 2 is 1.49 bits per heavy atom. The molecule has 206 valence electrons. The Bertz CT molecular complexity index is 1320. The first-order valence-electron chi connectivity index (χ1n) is 12.8. The molecular formula is C32H34F3NO3. The maximum absolute atomic E-state index is 13.0. The van der Waals surface area contributed by atoms with Crippen LogP contribution in [0.1, 0.15) is 64.9 Å². The molecule has 3 rings (SSSR count). The van der Waals surface area contributed by atoms with Crippen LogP contribution in [0.2, 0.25) is 0 Å². The van der Waals surface area contributed by atoms with Crippen molar-refractivity contribution in [1.29, 1.82) is 0 Å². The molecule has 0 spiro atoms. The Morgan fingerprint density at radius 1 is 0.923 bits per heavy atom. The van der Waals surface area contributed by atoms with Crippen molar-refractivity contribution in [3.05, 3.63) is 94.0 Å². The first-order valence-corrected chi connectivity index (χ1v) is 12.8. The molecule has 0 radical (unpaired) electrons. The van der Waals surface area contributed by atoms with Crippen molar-refractivity contribution >= 4 is 23.5 Å². The van der Waals surface area contributed by atoms with Gasteiger partial charge in [0.05, 0.1) is 19.1 Å². The minimum atomic E-state index is -4.36. The fourth-order valence-electron chi connectivity index (χ4n) is 4.58. The molecule has 0 atom stereocenters. The molecule has 0 fully saturated rings. The van der Waals surface area contributed by atoms with Gasteiger partial charge in [0.2, 0.25) is 0 Å². The van der Waals surface area contributed by atoms with Crippen LogP contribution in [0.3, 0.4) is 0 Å². The van der Waals surface area contributed by atoms with E-state index in [1.807, 2.05) is 38.1 Å². The molecule has 4 nitrogen and oxygen atoms in total. The molecule has 0 aliphatic carbocycles. The Labute approximate surface area is 227 Å². The van der Waals surface area contributed by atoms with Crippen LogP contribution in [0.15, 0.2) is 60.7 Å². The summed E-state index contributed by atoms with van der Waals surface area (Å²) in [7, 11) is 1.31. The van der Waals surface area contributed by atoms with Crippen molar-refractivity contribution in [1.82, 2.24) is 5.32 Å². The number of nitrogens with one attached hydrogen (secondary N) is 1. The number of rotatable bonds is 9. The molecule has 0 aliphatic rings. The molecule has 39 heavy (non-hydrogen) atoms. The van der Waals surface area contributed by atoms with Crippen molar-refractivity contribution in [3.8, 4) is 11.1 Å². The number of benzene rings is 3. The van der Waals surface area contributed by atoms with Gasteiger partial charge in [-0.2, -0.15) is 13.2 Å². The van der Waals surface area contributed by atoms with Gasteiger partial charge < -0.3 is 10.1 Å². The molecule has 0 aromatic heterocycles. The van der Waals surface area contributed by atoms with E-state index < -0.39 is 11.7 Å². The lowest BCUT2D eigenvalue weighted by molar-refractivity contribution is -0.140. The van der Waals surface area contributed by atoms with E-state index in [0.29, 0.717) is 11.5 Å². The maximum atomic E-state index is 13.0. The average molecular weight is 538 g/mol. The zero-order chi connectivity index (χ0) is 28.7. The first-order chi connectivity index (χ1) is 18.4. The zero-order valence-corrected chi connectivity index (χ0v) is 22.9. The van der Waals surface area contributed by atoms with Crippen LogP contribution < -0.4 is 5.32 Å².